The molecule has 0 radical (unpaired) electrons. The second kappa shape index (κ2) is 9.81. The van der Waals surface area contributed by atoms with Gasteiger partial charge in [-0.1, -0.05) is 0 Å². The zero-order valence-electron chi connectivity index (χ0n) is 18.4. The van der Waals surface area contributed by atoms with Crippen molar-refractivity contribution in [3.05, 3.63) is 49.9 Å². The van der Waals surface area contributed by atoms with E-state index in [-0.39, 0.29) is 42.4 Å². The molecule has 2 aromatic heterocycles. The molecule has 1 N–H and O–H groups in total. The fourth-order valence-electron chi connectivity index (χ4n) is 4.04. The Morgan fingerprint density at radius 1 is 1.33 bits per heavy atom. The third-order valence-electron chi connectivity index (χ3n) is 5.33. The van der Waals surface area contributed by atoms with Crippen molar-refractivity contribution in [1.29, 1.82) is 0 Å². The number of anilines is 1. The molecular weight excluding hydrogens is 450 g/mol. The van der Waals surface area contributed by atoms with Crippen LogP contribution in [-0.2, 0) is 22.6 Å². The van der Waals surface area contributed by atoms with E-state index < -0.39 is 10.7 Å². The van der Waals surface area contributed by atoms with Gasteiger partial charge >= 0.3 is 5.76 Å². The van der Waals surface area contributed by atoms with Crippen LogP contribution in [0.4, 0.5) is 10.8 Å². The molecule has 2 atom stereocenters. The SMILES string of the molecule is CC1CN(Cc2csc(NC(=O)CCCn3c(=O)oc4cc([N+](=O)[O-])ccc43)n2)CC(C)O1. The van der Waals surface area contributed by atoms with Crippen LogP contribution < -0.4 is 11.1 Å². The summed E-state index contributed by atoms with van der Waals surface area (Å²) in [5.74, 6) is -0.803. The molecule has 33 heavy (non-hydrogen) atoms. The first-order chi connectivity index (χ1) is 15.8. The van der Waals surface area contributed by atoms with Gasteiger partial charge in [-0.3, -0.25) is 24.4 Å². The third kappa shape index (κ3) is 5.64. The fraction of sp³-hybridized carbons (Fsp3) is 0.476. The Morgan fingerprint density at radius 3 is 2.82 bits per heavy atom. The summed E-state index contributed by atoms with van der Waals surface area (Å²) < 4.78 is 12.2. The Kier molecular flexibility index (Phi) is 6.86. The number of benzene rings is 1. The molecule has 12 heteroatoms. The summed E-state index contributed by atoms with van der Waals surface area (Å²) in [6.07, 6.45) is 0.960. The summed E-state index contributed by atoms with van der Waals surface area (Å²) in [5.41, 5.74) is 1.37. The number of nitro groups is 1. The summed E-state index contributed by atoms with van der Waals surface area (Å²) in [6, 6.07) is 4.02. The van der Waals surface area contributed by atoms with Crippen LogP contribution in [0.2, 0.25) is 0 Å². The normalized spacial score (nSPS) is 19.1. The number of nitro benzene ring substituents is 1. The molecule has 0 saturated carbocycles. The zero-order chi connectivity index (χ0) is 23.5. The number of carbonyl (C=O) groups excluding carboxylic acids is 1. The fourth-order valence-corrected chi connectivity index (χ4v) is 4.76. The number of nitrogens with one attached hydrogen (secondary N) is 1. The highest BCUT2D eigenvalue weighted by Gasteiger charge is 2.23. The minimum absolute atomic E-state index is 0.150. The summed E-state index contributed by atoms with van der Waals surface area (Å²) >= 11 is 1.38. The number of aromatic nitrogens is 2. The van der Waals surface area contributed by atoms with Crippen LogP contribution in [0.5, 0.6) is 0 Å². The Balaban J connectivity index is 1.28. The monoisotopic (exact) mass is 475 g/mol. The minimum Gasteiger partial charge on any atom is -0.407 e. The Bertz CT molecular complexity index is 1210. The molecule has 0 bridgehead atoms. The number of nitrogens with zero attached hydrogens (tertiary/aromatic N) is 4. The first kappa shape index (κ1) is 23.1. The number of morpholine rings is 1. The Hall–Kier alpha value is -3.09. The predicted molar refractivity (Wildman–Crippen MR) is 122 cm³/mol. The molecular formula is C21H25N5O6S. The molecule has 2 unspecified atom stereocenters. The number of amides is 1. The van der Waals surface area contributed by atoms with Crippen molar-refractivity contribution in [2.24, 2.45) is 0 Å². The van der Waals surface area contributed by atoms with Gasteiger partial charge in [-0.15, -0.1) is 11.3 Å². The van der Waals surface area contributed by atoms with E-state index in [2.05, 4.69) is 29.0 Å². The van der Waals surface area contributed by atoms with Gasteiger partial charge in [0.15, 0.2) is 10.7 Å². The van der Waals surface area contributed by atoms with Crippen molar-refractivity contribution in [3.8, 4) is 0 Å². The van der Waals surface area contributed by atoms with Crippen molar-refractivity contribution in [1.82, 2.24) is 14.5 Å². The number of aryl methyl sites for hydroxylation is 1. The summed E-state index contributed by atoms with van der Waals surface area (Å²) in [5, 5.41) is 16.2. The van der Waals surface area contributed by atoms with Crippen LogP contribution in [0, 0.1) is 10.1 Å². The van der Waals surface area contributed by atoms with Crippen molar-refractivity contribution >= 4 is 39.2 Å². The Labute approximate surface area is 193 Å². The highest BCUT2D eigenvalue weighted by atomic mass is 32.1. The number of ether oxygens (including phenoxy) is 1. The van der Waals surface area contributed by atoms with Crippen molar-refractivity contribution < 1.29 is 18.9 Å². The minimum atomic E-state index is -0.609. The van der Waals surface area contributed by atoms with Crippen LogP contribution in [0.3, 0.4) is 0 Å². The molecule has 4 rings (SSSR count). The average molecular weight is 476 g/mol. The van der Waals surface area contributed by atoms with Gasteiger partial charge in [0.25, 0.3) is 5.69 Å². The molecule has 0 aliphatic carbocycles. The van der Waals surface area contributed by atoms with Gasteiger partial charge < -0.3 is 14.5 Å². The van der Waals surface area contributed by atoms with Crippen LogP contribution in [0.15, 0.2) is 32.8 Å². The van der Waals surface area contributed by atoms with Gasteiger partial charge in [-0.25, -0.2) is 9.78 Å². The van der Waals surface area contributed by atoms with E-state index in [9.17, 15) is 19.7 Å². The number of hydrogen-bond donors (Lipinski definition) is 1. The van der Waals surface area contributed by atoms with E-state index in [1.807, 2.05) is 5.38 Å². The number of fused-ring (bicyclic) bond motifs is 1. The first-order valence-corrected chi connectivity index (χ1v) is 11.6. The molecule has 1 saturated heterocycles. The molecule has 1 amide bonds. The molecule has 1 aliphatic rings. The lowest BCUT2D eigenvalue weighted by atomic mass is 10.2. The summed E-state index contributed by atoms with van der Waals surface area (Å²) in [4.78, 5) is 41.6. The van der Waals surface area contributed by atoms with Gasteiger partial charge in [-0.2, -0.15) is 0 Å². The maximum absolute atomic E-state index is 12.3. The zero-order valence-corrected chi connectivity index (χ0v) is 19.2. The maximum Gasteiger partial charge on any atom is 0.419 e. The molecule has 0 spiro atoms. The maximum atomic E-state index is 12.3. The highest BCUT2D eigenvalue weighted by molar-refractivity contribution is 7.13. The number of hydrogen-bond acceptors (Lipinski definition) is 9. The number of non-ortho nitro benzene ring substituents is 1. The second-order valence-electron chi connectivity index (χ2n) is 8.18. The number of carbonyl (C=O) groups is 1. The molecule has 176 valence electrons. The first-order valence-electron chi connectivity index (χ1n) is 10.7. The van der Waals surface area contributed by atoms with Gasteiger partial charge in [0, 0.05) is 44.0 Å². The average Bonchev–Trinajstić information content (AvgIpc) is 3.30. The third-order valence-corrected chi connectivity index (χ3v) is 6.13. The van der Waals surface area contributed by atoms with Gasteiger partial charge in [0.1, 0.15) is 0 Å². The molecule has 3 heterocycles. The smallest absolute Gasteiger partial charge is 0.407 e. The number of thiazole rings is 1. The second-order valence-corrected chi connectivity index (χ2v) is 9.03. The van der Waals surface area contributed by atoms with Crippen molar-refractivity contribution in [2.45, 2.75) is 52.0 Å². The van der Waals surface area contributed by atoms with E-state index in [0.717, 1.165) is 18.8 Å². The van der Waals surface area contributed by atoms with Gasteiger partial charge in [-0.05, 0) is 26.3 Å². The molecule has 3 aromatic rings. The number of rotatable bonds is 8. The van der Waals surface area contributed by atoms with E-state index >= 15 is 0 Å². The molecule has 1 aromatic carbocycles. The van der Waals surface area contributed by atoms with Crippen molar-refractivity contribution in [3.63, 3.8) is 0 Å². The highest BCUT2D eigenvalue weighted by Crippen LogP contribution is 2.21. The van der Waals surface area contributed by atoms with Gasteiger partial charge in [0.2, 0.25) is 5.91 Å². The quantitative estimate of drug-likeness (QED) is 0.388. The van der Waals surface area contributed by atoms with Gasteiger partial charge in [0.05, 0.1) is 34.4 Å². The van der Waals surface area contributed by atoms with E-state index in [1.165, 1.54) is 34.1 Å². The lowest BCUT2D eigenvalue weighted by Crippen LogP contribution is -2.44. The van der Waals surface area contributed by atoms with Crippen LogP contribution >= 0.6 is 11.3 Å². The predicted octanol–water partition coefficient (Wildman–Crippen LogP) is 2.99. The van der Waals surface area contributed by atoms with E-state index in [4.69, 9.17) is 9.15 Å². The van der Waals surface area contributed by atoms with Crippen LogP contribution in [0.1, 0.15) is 32.4 Å². The standard InChI is InChI=1S/C21H25N5O6S/c1-13-9-24(10-14(2)31-13)11-15-12-33-20(22-15)23-19(27)4-3-7-25-17-6-5-16(26(29)30)8-18(17)32-21(25)28/h5-6,8,12-14H,3-4,7,9-11H2,1-2H3,(H,22,23,27). The molecule has 1 fully saturated rings. The molecule has 11 nitrogen and oxygen atoms in total. The van der Waals surface area contributed by atoms with E-state index in [0.29, 0.717) is 23.6 Å². The molecule has 1 aliphatic heterocycles. The number of oxazole rings is 1. The largest absolute Gasteiger partial charge is 0.419 e. The van der Waals surface area contributed by atoms with E-state index in [1.54, 1.807) is 0 Å². The Morgan fingerprint density at radius 2 is 2.09 bits per heavy atom. The van der Waals surface area contributed by atoms with Crippen molar-refractivity contribution in [2.75, 3.05) is 18.4 Å². The lowest BCUT2D eigenvalue weighted by molar-refractivity contribution is -0.384. The topological polar surface area (TPSA) is 133 Å². The summed E-state index contributed by atoms with van der Waals surface area (Å²) in [6.45, 7) is 6.77. The summed E-state index contributed by atoms with van der Waals surface area (Å²) in [7, 11) is 0. The lowest BCUT2D eigenvalue weighted by Gasteiger charge is -2.34. The van der Waals surface area contributed by atoms with Crippen LogP contribution in [-0.4, -0.2) is 50.6 Å². The van der Waals surface area contributed by atoms with Crippen LogP contribution in [0.25, 0.3) is 11.1 Å².